The van der Waals surface area contributed by atoms with Gasteiger partial charge in [-0.05, 0) is 17.9 Å². The van der Waals surface area contributed by atoms with Crippen molar-refractivity contribution in [2.75, 3.05) is 7.05 Å². The van der Waals surface area contributed by atoms with Crippen molar-refractivity contribution in [3.05, 3.63) is 60.2 Å². The zero-order valence-corrected chi connectivity index (χ0v) is 20.5. The number of amides is 3. The van der Waals surface area contributed by atoms with Crippen LogP contribution in [0, 0.1) is 5.92 Å². The molecule has 190 valence electrons. The molecule has 1 aromatic carbocycles. The predicted molar refractivity (Wildman–Crippen MR) is 130 cm³/mol. The monoisotopic (exact) mass is 495 g/mol. The fourth-order valence-electron chi connectivity index (χ4n) is 3.75. The quantitative estimate of drug-likeness (QED) is 0.381. The molecule has 0 unspecified atom stereocenters. The Labute approximate surface area is 209 Å². The molecule has 1 aliphatic rings. The number of nitrogens with zero attached hydrogens (tertiary/aromatic N) is 2. The molecule has 2 aromatic rings. The summed E-state index contributed by atoms with van der Waals surface area (Å²) in [5.41, 5.74) is 0.916. The first kappa shape index (κ1) is 26.8. The Kier molecular flexibility index (Phi) is 9.51. The van der Waals surface area contributed by atoms with Gasteiger partial charge in [0, 0.05) is 25.9 Å². The molecule has 11 nitrogen and oxygen atoms in total. The van der Waals surface area contributed by atoms with Gasteiger partial charge in [0.1, 0.15) is 17.8 Å². The minimum atomic E-state index is -1.06. The van der Waals surface area contributed by atoms with E-state index in [9.17, 15) is 19.2 Å². The van der Waals surface area contributed by atoms with Crippen LogP contribution in [0.2, 0.25) is 0 Å². The van der Waals surface area contributed by atoms with Gasteiger partial charge in [-0.25, -0.2) is 4.98 Å². The molecule has 0 radical (unpaired) electrons. The van der Waals surface area contributed by atoms with Crippen molar-refractivity contribution in [1.29, 1.82) is 0 Å². The minimum Gasteiger partial charge on any atom is -0.506 e. The Morgan fingerprint density at radius 2 is 1.86 bits per heavy atom. The third-order valence-electron chi connectivity index (χ3n) is 5.53. The average Bonchev–Trinajstić information content (AvgIpc) is 3.23. The molecular weight excluding hydrogens is 465 g/mol. The summed E-state index contributed by atoms with van der Waals surface area (Å²) in [4.78, 5) is 58.1. The Bertz CT molecular complexity index is 1060. The third kappa shape index (κ3) is 7.60. The second-order valence-corrected chi connectivity index (χ2v) is 8.86. The van der Waals surface area contributed by atoms with Gasteiger partial charge in [0.25, 0.3) is 5.91 Å². The largest absolute Gasteiger partial charge is 0.552 e. The number of hydrogen-bond acceptors (Lipinski definition) is 8. The number of rotatable bonds is 11. The van der Waals surface area contributed by atoms with E-state index in [1.54, 1.807) is 0 Å². The van der Waals surface area contributed by atoms with Crippen LogP contribution in [0.5, 0.6) is 0 Å². The van der Waals surface area contributed by atoms with E-state index >= 15 is 0 Å². The smallest absolute Gasteiger partial charge is 0.506 e. The molecule has 3 rings (SSSR count). The Balaban J connectivity index is 1.76. The Morgan fingerprint density at radius 3 is 2.50 bits per heavy atom. The van der Waals surface area contributed by atoms with Crippen molar-refractivity contribution >= 4 is 30.8 Å². The first-order valence-corrected chi connectivity index (χ1v) is 11.7. The van der Waals surface area contributed by atoms with E-state index in [1.807, 2.05) is 44.2 Å². The number of aromatic nitrogens is 2. The Morgan fingerprint density at radius 1 is 1.11 bits per heavy atom. The van der Waals surface area contributed by atoms with Crippen LogP contribution in [0.25, 0.3) is 0 Å². The first-order chi connectivity index (χ1) is 17.3. The lowest BCUT2D eigenvalue weighted by molar-refractivity contribution is -0.138. The highest BCUT2D eigenvalue weighted by Gasteiger charge is 2.47. The highest BCUT2D eigenvalue weighted by atomic mass is 16.7. The van der Waals surface area contributed by atoms with Gasteiger partial charge in [-0.1, -0.05) is 44.2 Å². The van der Waals surface area contributed by atoms with Crippen LogP contribution in [-0.2, 0) is 30.1 Å². The number of carbonyl (C=O) groups is 4. The molecule has 1 aromatic heterocycles. The third-order valence-corrected chi connectivity index (χ3v) is 5.53. The van der Waals surface area contributed by atoms with Crippen LogP contribution >= 0.6 is 0 Å². The normalized spacial score (nSPS) is 16.7. The van der Waals surface area contributed by atoms with E-state index in [1.165, 1.54) is 25.6 Å². The van der Waals surface area contributed by atoms with Crippen molar-refractivity contribution in [1.82, 2.24) is 25.9 Å². The number of carbonyl (C=O) groups excluding carboxylic acids is 4. The number of nitrogens with one attached hydrogen (secondary N) is 3. The van der Waals surface area contributed by atoms with Crippen molar-refractivity contribution in [2.24, 2.45) is 5.92 Å². The second-order valence-electron chi connectivity index (χ2n) is 8.86. The van der Waals surface area contributed by atoms with Gasteiger partial charge in [-0.15, -0.1) is 0 Å². The van der Waals surface area contributed by atoms with Crippen molar-refractivity contribution < 1.29 is 28.5 Å². The molecule has 1 fully saturated rings. The topological polar surface area (TPSA) is 149 Å². The fourth-order valence-corrected chi connectivity index (χ4v) is 3.75. The standard InChI is InChI=1S/C24H30BN5O6/c1-15(2)11-20(25-35-19(24(34)36-25)13-21(31)26-3)30-22(32)17(12-16-7-5-4-6-8-16)29-23(33)18-14-27-9-10-28-18/h4-10,14-15,17,19-20H,11-13H2,1-3H3,(H,26,31)(H,29,33)(H,30,32)/t17-,19+,20-/m0/s1. The molecule has 36 heavy (non-hydrogen) atoms. The maximum absolute atomic E-state index is 13.4. The maximum atomic E-state index is 13.4. The molecule has 2 heterocycles. The summed E-state index contributed by atoms with van der Waals surface area (Å²) in [7, 11) is 0.399. The van der Waals surface area contributed by atoms with Crippen LogP contribution < -0.4 is 16.0 Å². The fraction of sp³-hybridized carbons (Fsp3) is 0.417. The van der Waals surface area contributed by atoms with Crippen LogP contribution in [0.1, 0.15) is 42.7 Å². The van der Waals surface area contributed by atoms with E-state index in [-0.39, 0.29) is 30.4 Å². The van der Waals surface area contributed by atoms with Gasteiger partial charge in [0.2, 0.25) is 11.8 Å². The van der Waals surface area contributed by atoms with Crippen LogP contribution in [0.15, 0.2) is 48.9 Å². The lowest BCUT2D eigenvalue weighted by atomic mass is 9.74. The van der Waals surface area contributed by atoms with Gasteiger partial charge < -0.3 is 25.3 Å². The van der Waals surface area contributed by atoms with Crippen molar-refractivity contribution in [3.8, 4) is 0 Å². The molecule has 0 bridgehead atoms. The molecule has 1 saturated heterocycles. The van der Waals surface area contributed by atoms with Crippen LogP contribution in [0.4, 0.5) is 0 Å². The van der Waals surface area contributed by atoms with Gasteiger partial charge in [0.05, 0.1) is 18.6 Å². The minimum absolute atomic E-state index is 0.0761. The molecule has 3 atom stereocenters. The maximum Gasteiger partial charge on any atom is 0.552 e. The second kappa shape index (κ2) is 12.8. The molecule has 0 saturated carbocycles. The average molecular weight is 495 g/mol. The van der Waals surface area contributed by atoms with Crippen LogP contribution in [-0.4, -0.2) is 65.9 Å². The van der Waals surface area contributed by atoms with Gasteiger partial charge >= 0.3 is 13.1 Å². The van der Waals surface area contributed by atoms with E-state index in [0.29, 0.717) is 6.42 Å². The molecule has 0 aliphatic carbocycles. The summed E-state index contributed by atoms with van der Waals surface area (Å²) in [6, 6.07) is 8.30. The van der Waals surface area contributed by atoms with E-state index in [4.69, 9.17) is 9.31 Å². The summed E-state index contributed by atoms with van der Waals surface area (Å²) in [5, 5.41) is 8.05. The summed E-state index contributed by atoms with van der Waals surface area (Å²) in [6.07, 6.45) is 3.57. The zero-order chi connectivity index (χ0) is 26.1. The summed E-state index contributed by atoms with van der Waals surface area (Å²) in [6.45, 7) is 3.91. The summed E-state index contributed by atoms with van der Waals surface area (Å²) >= 11 is 0. The molecule has 12 heteroatoms. The van der Waals surface area contributed by atoms with Crippen molar-refractivity contribution in [3.63, 3.8) is 0 Å². The number of benzene rings is 1. The molecule has 0 spiro atoms. The van der Waals surface area contributed by atoms with Crippen LogP contribution in [0.3, 0.4) is 0 Å². The van der Waals surface area contributed by atoms with Crippen molar-refractivity contribution in [2.45, 2.75) is 51.2 Å². The van der Waals surface area contributed by atoms with Gasteiger partial charge in [0.15, 0.2) is 0 Å². The summed E-state index contributed by atoms with van der Waals surface area (Å²) in [5.74, 6) is -2.62. The lowest BCUT2D eigenvalue weighted by Crippen LogP contribution is -2.55. The molecule has 3 amide bonds. The summed E-state index contributed by atoms with van der Waals surface area (Å²) < 4.78 is 11.1. The van der Waals surface area contributed by atoms with Gasteiger partial charge in [-0.3, -0.25) is 24.2 Å². The molecule has 1 aliphatic heterocycles. The van der Waals surface area contributed by atoms with E-state index in [2.05, 4.69) is 25.9 Å². The SMILES string of the molecule is CNC(=O)C[C@H]1OB([C@H](CC(C)C)NC(=O)[C@H](Cc2ccccc2)NC(=O)c2cnccn2)OC1=O. The van der Waals surface area contributed by atoms with E-state index < -0.39 is 43.0 Å². The Hall–Kier alpha value is -3.80. The van der Waals surface area contributed by atoms with Gasteiger partial charge in [-0.2, -0.15) is 0 Å². The lowest BCUT2D eigenvalue weighted by Gasteiger charge is -2.25. The molecular formula is C24H30BN5O6. The highest BCUT2D eigenvalue weighted by molar-refractivity contribution is 6.51. The predicted octanol–water partition coefficient (Wildman–Crippen LogP) is 0.454. The molecule has 3 N–H and O–H groups in total. The van der Waals surface area contributed by atoms with E-state index in [0.717, 1.165) is 5.56 Å². The number of hydrogen-bond donors (Lipinski definition) is 3. The zero-order valence-electron chi connectivity index (χ0n) is 20.5. The highest BCUT2D eigenvalue weighted by Crippen LogP contribution is 2.20. The first-order valence-electron chi connectivity index (χ1n) is 11.7.